The second-order valence-corrected chi connectivity index (χ2v) is 6.71. The van der Waals surface area contributed by atoms with Crippen LogP contribution in [0, 0.1) is 0 Å². The summed E-state index contributed by atoms with van der Waals surface area (Å²) in [6.45, 7) is 0.556. The van der Waals surface area contributed by atoms with Crippen LogP contribution in [0.15, 0.2) is 36.5 Å². The number of nitrogens with two attached hydrogens (primary N) is 1. The van der Waals surface area contributed by atoms with Gasteiger partial charge in [-0.3, -0.25) is 9.59 Å². The molecule has 0 unspecified atom stereocenters. The van der Waals surface area contributed by atoms with Gasteiger partial charge in [0.25, 0.3) is 5.91 Å². The van der Waals surface area contributed by atoms with Gasteiger partial charge in [0.15, 0.2) is 0 Å². The summed E-state index contributed by atoms with van der Waals surface area (Å²) in [6, 6.07) is 9.31. The molecule has 0 aliphatic heterocycles. The minimum absolute atomic E-state index is 0.134. The molecule has 1 amide bonds. The van der Waals surface area contributed by atoms with Crippen molar-refractivity contribution in [1.82, 2.24) is 20.3 Å². The highest BCUT2D eigenvalue weighted by molar-refractivity contribution is 6.36. The molecule has 9 nitrogen and oxygen atoms in total. The number of H-pyrrole nitrogens is 1. The third-order valence-corrected chi connectivity index (χ3v) is 4.59. The molecule has 3 rings (SSSR count). The van der Waals surface area contributed by atoms with Crippen molar-refractivity contribution in [3.63, 3.8) is 0 Å². The number of Topliss-reactive ketones (excluding diaryl/α,β-unsaturated/α-hetero) is 1. The van der Waals surface area contributed by atoms with Crippen molar-refractivity contribution in [3.8, 4) is 17.1 Å². The third-order valence-electron chi connectivity index (χ3n) is 4.59. The Morgan fingerprint density at radius 2 is 2.10 bits per heavy atom. The maximum Gasteiger partial charge on any atom is 0.287 e. The number of aromatic amines is 1. The molecule has 9 heteroatoms. The van der Waals surface area contributed by atoms with E-state index in [1.807, 2.05) is 30.3 Å². The number of likely N-dealkylation sites (N-methyl/N-ethyl adjacent to an activating group) is 1. The number of aromatic nitrogens is 3. The maximum atomic E-state index is 11.4. The Kier molecular flexibility index (Phi) is 7.10. The first-order valence-electron chi connectivity index (χ1n) is 9.60. The Morgan fingerprint density at radius 3 is 2.87 bits per heavy atom. The summed E-state index contributed by atoms with van der Waals surface area (Å²) >= 11 is 0. The number of fused-ring (bicyclic) bond motifs is 1. The van der Waals surface area contributed by atoms with E-state index < -0.39 is 17.7 Å². The van der Waals surface area contributed by atoms with Gasteiger partial charge in [-0.1, -0.05) is 18.2 Å². The van der Waals surface area contributed by atoms with Crippen molar-refractivity contribution in [2.75, 3.05) is 27.4 Å². The molecule has 2 aromatic heterocycles. The van der Waals surface area contributed by atoms with Gasteiger partial charge in [-0.25, -0.2) is 9.97 Å². The zero-order valence-corrected chi connectivity index (χ0v) is 17.0. The maximum absolute atomic E-state index is 11.4. The number of ketones is 1. The first kappa shape index (κ1) is 21.4. The summed E-state index contributed by atoms with van der Waals surface area (Å²) in [5.41, 5.74) is 8.54. The molecule has 0 spiro atoms. The monoisotopic (exact) mass is 411 g/mol. The summed E-state index contributed by atoms with van der Waals surface area (Å²) in [5.74, 6) is 0.0172. The van der Waals surface area contributed by atoms with Gasteiger partial charge in [-0.2, -0.15) is 0 Å². The van der Waals surface area contributed by atoms with Gasteiger partial charge in [0.1, 0.15) is 5.82 Å². The smallest absolute Gasteiger partial charge is 0.287 e. The van der Waals surface area contributed by atoms with Crippen molar-refractivity contribution in [2.45, 2.75) is 18.9 Å². The summed E-state index contributed by atoms with van der Waals surface area (Å²) < 4.78 is 11.0. The number of rotatable bonds is 10. The van der Waals surface area contributed by atoms with Gasteiger partial charge in [0.2, 0.25) is 11.7 Å². The second kappa shape index (κ2) is 9.95. The summed E-state index contributed by atoms with van der Waals surface area (Å²) in [5, 5.41) is 3.29. The van der Waals surface area contributed by atoms with E-state index in [0.717, 1.165) is 22.2 Å². The largest absolute Gasteiger partial charge is 0.480 e. The number of hydrogen-bond donors (Lipinski definition) is 3. The Morgan fingerprint density at radius 1 is 1.30 bits per heavy atom. The molecule has 30 heavy (non-hydrogen) atoms. The molecule has 0 saturated heterocycles. The zero-order chi connectivity index (χ0) is 21.5. The summed E-state index contributed by atoms with van der Waals surface area (Å²) in [6.07, 6.45) is 2.27. The Balaban J connectivity index is 1.60. The Hall–Kier alpha value is -3.30. The fraction of sp³-hybridized carbons (Fsp3) is 0.333. The standard InChI is InChI=1S/C21H25N5O4/c1-23-20(28)18(27)8-5-9-30-12-15(22)19-24-11-17(25-19)14-10-13-6-3-4-7-16(13)26-21(14)29-2/h3-4,6-7,10-11,15H,5,8-9,12,22H2,1-2H3,(H,23,28)(H,24,25)/t15-/m0/s1. The first-order valence-corrected chi connectivity index (χ1v) is 9.60. The number of carbonyl (C=O) groups is 2. The van der Waals surface area contributed by atoms with Crippen molar-refractivity contribution >= 4 is 22.6 Å². The molecule has 2 heterocycles. The summed E-state index contributed by atoms with van der Waals surface area (Å²) in [7, 11) is 3.00. The van der Waals surface area contributed by atoms with E-state index in [9.17, 15) is 9.59 Å². The van der Waals surface area contributed by atoms with Crippen LogP contribution in [0.1, 0.15) is 24.7 Å². The van der Waals surface area contributed by atoms with Crippen LogP contribution in [-0.2, 0) is 14.3 Å². The number of hydrogen-bond acceptors (Lipinski definition) is 7. The van der Waals surface area contributed by atoms with E-state index in [1.165, 1.54) is 7.05 Å². The van der Waals surface area contributed by atoms with Gasteiger partial charge in [0, 0.05) is 25.5 Å². The van der Waals surface area contributed by atoms with Crippen molar-refractivity contribution in [2.24, 2.45) is 5.73 Å². The predicted molar refractivity (Wildman–Crippen MR) is 112 cm³/mol. The first-order chi connectivity index (χ1) is 14.5. The molecule has 1 aromatic carbocycles. The lowest BCUT2D eigenvalue weighted by atomic mass is 10.1. The highest BCUT2D eigenvalue weighted by atomic mass is 16.5. The molecule has 0 fully saturated rings. The van der Waals surface area contributed by atoms with Gasteiger partial charge in [0.05, 0.1) is 42.7 Å². The molecule has 0 aliphatic carbocycles. The van der Waals surface area contributed by atoms with Crippen LogP contribution in [0.25, 0.3) is 22.2 Å². The lowest BCUT2D eigenvalue weighted by Crippen LogP contribution is -2.27. The second-order valence-electron chi connectivity index (χ2n) is 6.71. The highest BCUT2D eigenvalue weighted by Crippen LogP contribution is 2.30. The molecule has 0 aliphatic rings. The van der Waals surface area contributed by atoms with Gasteiger partial charge >= 0.3 is 0 Å². The average Bonchev–Trinajstić information content (AvgIpc) is 3.27. The third kappa shape index (κ3) is 5.00. The molecule has 3 aromatic rings. The number of ether oxygens (including phenoxy) is 2. The molecule has 0 radical (unpaired) electrons. The quantitative estimate of drug-likeness (QED) is 0.342. The van der Waals surface area contributed by atoms with Gasteiger partial charge in [-0.15, -0.1) is 0 Å². The number of imidazole rings is 1. The van der Waals surface area contributed by atoms with Crippen molar-refractivity contribution < 1.29 is 19.1 Å². The number of pyridine rings is 1. The van der Waals surface area contributed by atoms with E-state index in [1.54, 1.807) is 13.3 Å². The van der Waals surface area contributed by atoms with Crippen LogP contribution in [0.3, 0.4) is 0 Å². The van der Waals surface area contributed by atoms with Crippen molar-refractivity contribution in [3.05, 3.63) is 42.4 Å². The molecule has 0 saturated carbocycles. The van der Waals surface area contributed by atoms with Crippen LogP contribution >= 0.6 is 0 Å². The number of benzene rings is 1. The molecular weight excluding hydrogens is 386 g/mol. The molecule has 1 atom stereocenters. The van der Waals surface area contributed by atoms with E-state index in [4.69, 9.17) is 15.2 Å². The van der Waals surface area contributed by atoms with Gasteiger partial charge < -0.3 is 25.5 Å². The normalized spacial score (nSPS) is 12.0. The van der Waals surface area contributed by atoms with Crippen LogP contribution in [-0.4, -0.2) is 54.0 Å². The fourth-order valence-electron chi connectivity index (χ4n) is 2.99. The molecule has 4 N–H and O–H groups in total. The lowest BCUT2D eigenvalue weighted by molar-refractivity contribution is -0.137. The lowest BCUT2D eigenvalue weighted by Gasteiger charge is -2.10. The number of nitrogens with one attached hydrogen (secondary N) is 2. The van der Waals surface area contributed by atoms with E-state index >= 15 is 0 Å². The zero-order valence-electron chi connectivity index (χ0n) is 17.0. The molecular formula is C21H25N5O4. The minimum atomic E-state index is -0.589. The highest BCUT2D eigenvalue weighted by Gasteiger charge is 2.16. The van der Waals surface area contributed by atoms with E-state index in [2.05, 4.69) is 20.3 Å². The molecule has 158 valence electrons. The topological polar surface area (TPSA) is 132 Å². The SMILES string of the molecule is CNC(=O)C(=O)CCCOC[C@H](N)c1ncc(-c2cc3ccccc3nc2OC)[nH]1. The van der Waals surface area contributed by atoms with Crippen molar-refractivity contribution in [1.29, 1.82) is 0 Å². The molecule has 0 bridgehead atoms. The number of para-hydroxylation sites is 1. The number of amides is 1. The van der Waals surface area contributed by atoms with Crippen LogP contribution in [0.4, 0.5) is 0 Å². The Bertz CT molecular complexity index is 1030. The summed E-state index contributed by atoms with van der Waals surface area (Å²) in [4.78, 5) is 34.7. The number of nitrogens with zero attached hydrogens (tertiary/aromatic N) is 2. The minimum Gasteiger partial charge on any atom is -0.480 e. The average molecular weight is 411 g/mol. The van der Waals surface area contributed by atoms with Gasteiger partial charge in [-0.05, 0) is 18.6 Å². The van der Waals surface area contributed by atoms with Crippen LogP contribution in [0.5, 0.6) is 5.88 Å². The number of methoxy groups -OCH3 is 1. The Labute approximate surface area is 174 Å². The van der Waals surface area contributed by atoms with Crippen LogP contribution < -0.4 is 15.8 Å². The number of carbonyl (C=O) groups excluding carboxylic acids is 2. The van der Waals surface area contributed by atoms with E-state index in [-0.39, 0.29) is 13.0 Å². The predicted octanol–water partition coefficient (Wildman–Crippen LogP) is 1.75. The fourth-order valence-corrected chi connectivity index (χ4v) is 2.99. The van der Waals surface area contributed by atoms with E-state index in [0.29, 0.717) is 24.7 Å². The van der Waals surface area contributed by atoms with Crippen LogP contribution in [0.2, 0.25) is 0 Å².